The van der Waals surface area contributed by atoms with Gasteiger partial charge in [0.25, 0.3) is 0 Å². The van der Waals surface area contributed by atoms with Crippen LogP contribution in [0.4, 0.5) is 0 Å². The zero-order valence-electron chi connectivity index (χ0n) is 27.6. The van der Waals surface area contributed by atoms with Gasteiger partial charge in [-0.2, -0.15) is 0 Å². The summed E-state index contributed by atoms with van der Waals surface area (Å²) >= 11 is 0. The van der Waals surface area contributed by atoms with Crippen molar-refractivity contribution in [1.29, 1.82) is 0 Å². The second kappa shape index (κ2) is 14.1. The number of fused-ring (bicyclic) bond motifs is 1. The molecule has 4 rings (SSSR count). The first-order valence-corrected chi connectivity index (χ1v) is 19.1. The summed E-state index contributed by atoms with van der Waals surface area (Å²) in [6.07, 6.45) is 1.08. The first-order valence-electron chi connectivity index (χ1n) is 16.6. The number of aliphatic hydroxyl groups excluding tert-OH is 1. The second-order valence-corrected chi connectivity index (χ2v) is 18.5. The minimum atomic E-state index is -1.91. The number of benzene rings is 1. The summed E-state index contributed by atoms with van der Waals surface area (Å²) in [7, 11) is -1.91. The van der Waals surface area contributed by atoms with Crippen molar-refractivity contribution < 1.29 is 33.2 Å². The van der Waals surface area contributed by atoms with E-state index in [2.05, 4.69) is 60.6 Å². The molecule has 3 heterocycles. The molecule has 3 fully saturated rings. The molecule has 0 radical (unpaired) electrons. The van der Waals surface area contributed by atoms with E-state index in [9.17, 15) is 5.11 Å². The van der Waals surface area contributed by atoms with Crippen LogP contribution >= 0.6 is 0 Å². The highest BCUT2D eigenvalue weighted by Crippen LogP contribution is 2.52. The Morgan fingerprint density at radius 2 is 1.64 bits per heavy atom. The minimum Gasteiger partial charge on any atom is -0.411 e. The summed E-state index contributed by atoms with van der Waals surface area (Å²) in [5.74, 6) is -0.00678. The first-order chi connectivity index (χ1) is 20.0. The SMILES string of the molecule is CC[C@]1([C@@H]2O[C@@H]([C@@H](O[Si](CC)(CC)CC)[C@@H](C)C[C@@H](C)CO)C[C@@H]2C)O[C@H](OCc2ccccc2)[C@H]2OC(C)(C)O[C@H]21. The maximum Gasteiger partial charge on any atom is 0.192 e. The van der Waals surface area contributed by atoms with Crippen molar-refractivity contribution in [3.05, 3.63) is 35.9 Å². The molecule has 3 aliphatic rings. The quantitative estimate of drug-likeness (QED) is 0.214. The number of rotatable bonds is 15. The third-order valence-corrected chi connectivity index (χ3v) is 14.9. The lowest BCUT2D eigenvalue weighted by Gasteiger charge is -2.42. The highest BCUT2D eigenvalue weighted by molar-refractivity contribution is 6.73. The summed E-state index contributed by atoms with van der Waals surface area (Å²) in [6.45, 7) is 20.3. The molecule has 3 saturated heterocycles. The van der Waals surface area contributed by atoms with Crippen LogP contribution in [0, 0.1) is 17.8 Å². The van der Waals surface area contributed by atoms with E-state index in [1.807, 2.05) is 32.0 Å². The van der Waals surface area contributed by atoms with E-state index >= 15 is 0 Å². The highest BCUT2D eigenvalue weighted by atomic mass is 28.4. The van der Waals surface area contributed by atoms with Crippen LogP contribution < -0.4 is 0 Å². The van der Waals surface area contributed by atoms with Gasteiger partial charge in [0.05, 0.1) is 24.9 Å². The third-order valence-electron chi connectivity index (χ3n) is 10.3. The molecule has 0 aliphatic carbocycles. The topological polar surface area (TPSA) is 75.6 Å². The van der Waals surface area contributed by atoms with E-state index in [0.717, 1.165) is 43.0 Å². The van der Waals surface area contributed by atoms with Crippen LogP contribution in [0.3, 0.4) is 0 Å². The molecule has 1 aromatic rings. The Labute approximate surface area is 256 Å². The number of hydrogen-bond donors (Lipinski definition) is 1. The van der Waals surface area contributed by atoms with Crippen LogP contribution in [0.15, 0.2) is 30.3 Å². The Morgan fingerprint density at radius 3 is 2.24 bits per heavy atom. The molecule has 0 unspecified atom stereocenters. The lowest BCUT2D eigenvalue weighted by Crippen LogP contribution is -2.54. The summed E-state index contributed by atoms with van der Waals surface area (Å²) in [6, 6.07) is 13.5. The Hall–Kier alpha value is -0.843. The van der Waals surface area contributed by atoms with Gasteiger partial charge in [0, 0.05) is 6.61 Å². The molecular formula is C34H58O7Si. The molecule has 0 aromatic heterocycles. The molecule has 240 valence electrons. The van der Waals surface area contributed by atoms with Crippen molar-refractivity contribution in [2.45, 2.75) is 155 Å². The summed E-state index contributed by atoms with van der Waals surface area (Å²) in [5, 5.41) is 9.85. The molecule has 0 bridgehead atoms. The molecule has 0 spiro atoms. The fourth-order valence-corrected chi connectivity index (χ4v) is 10.6. The van der Waals surface area contributed by atoms with Crippen molar-refractivity contribution >= 4 is 8.32 Å². The van der Waals surface area contributed by atoms with Crippen molar-refractivity contribution in [1.82, 2.24) is 0 Å². The fraction of sp³-hybridized carbons (Fsp3) is 0.824. The predicted octanol–water partition coefficient (Wildman–Crippen LogP) is 7.07. The Balaban J connectivity index is 1.60. The monoisotopic (exact) mass is 606 g/mol. The van der Waals surface area contributed by atoms with Crippen LogP contribution in [-0.2, 0) is 34.7 Å². The molecule has 0 amide bonds. The van der Waals surface area contributed by atoms with Gasteiger partial charge in [-0.15, -0.1) is 0 Å². The van der Waals surface area contributed by atoms with E-state index in [1.165, 1.54) is 0 Å². The van der Waals surface area contributed by atoms with Crippen molar-refractivity contribution in [3.63, 3.8) is 0 Å². The zero-order chi connectivity index (χ0) is 30.7. The molecule has 3 aliphatic heterocycles. The Bertz CT molecular complexity index is 964. The average molecular weight is 607 g/mol. The van der Waals surface area contributed by atoms with E-state index in [1.54, 1.807) is 0 Å². The van der Waals surface area contributed by atoms with Crippen molar-refractivity contribution in [2.24, 2.45) is 17.8 Å². The highest BCUT2D eigenvalue weighted by Gasteiger charge is 2.67. The van der Waals surface area contributed by atoms with Gasteiger partial charge in [-0.25, -0.2) is 0 Å². The van der Waals surface area contributed by atoms with Crippen LogP contribution in [0.2, 0.25) is 18.1 Å². The van der Waals surface area contributed by atoms with Gasteiger partial charge in [0.2, 0.25) is 0 Å². The van der Waals surface area contributed by atoms with Crippen LogP contribution in [0.1, 0.15) is 87.1 Å². The summed E-state index contributed by atoms with van der Waals surface area (Å²) < 4.78 is 40.7. The smallest absolute Gasteiger partial charge is 0.192 e. The van der Waals surface area contributed by atoms with E-state index in [0.29, 0.717) is 6.61 Å². The molecule has 8 heteroatoms. The molecule has 0 saturated carbocycles. The number of hydrogen-bond acceptors (Lipinski definition) is 7. The predicted molar refractivity (Wildman–Crippen MR) is 167 cm³/mol. The van der Waals surface area contributed by atoms with Gasteiger partial charge in [-0.3, -0.25) is 0 Å². The minimum absolute atomic E-state index is 0.0219. The maximum atomic E-state index is 9.85. The average Bonchev–Trinajstić information content (AvgIpc) is 3.62. The van der Waals surface area contributed by atoms with Gasteiger partial charge >= 0.3 is 0 Å². The van der Waals surface area contributed by atoms with Gasteiger partial charge in [0.1, 0.15) is 17.8 Å². The van der Waals surface area contributed by atoms with Crippen LogP contribution in [0.25, 0.3) is 0 Å². The largest absolute Gasteiger partial charge is 0.411 e. The first kappa shape index (κ1) is 34.0. The Kier molecular flexibility index (Phi) is 11.4. The lowest BCUT2D eigenvalue weighted by atomic mass is 9.80. The van der Waals surface area contributed by atoms with Crippen LogP contribution in [-0.4, -0.2) is 68.2 Å². The Morgan fingerprint density at radius 1 is 0.976 bits per heavy atom. The lowest BCUT2D eigenvalue weighted by molar-refractivity contribution is -0.281. The summed E-state index contributed by atoms with van der Waals surface area (Å²) in [5.41, 5.74) is 0.395. The molecular weight excluding hydrogens is 548 g/mol. The van der Waals surface area contributed by atoms with E-state index < -0.39 is 26.0 Å². The van der Waals surface area contributed by atoms with Crippen LogP contribution in [0.5, 0.6) is 0 Å². The molecule has 7 nitrogen and oxygen atoms in total. The maximum absolute atomic E-state index is 9.85. The molecule has 10 atom stereocenters. The molecule has 42 heavy (non-hydrogen) atoms. The van der Waals surface area contributed by atoms with E-state index in [-0.39, 0.29) is 54.9 Å². The molecule has 1 N–H and O–H groups in total. The summed E-state index contributed by atoms with van der Waals surface area (Å²) in [4.78, 5) is 0. The van der Waals surface area contributed by atoms with Gasteiger partial charge in [0.15, 0.2) is 20.4 Å². The molecule has 1 aromatic carbocycles. The third kappa shape index (κ3) is 7.01. The van der Waals surface area contributed by atoms with Crippen molar-refractivity contribution in [2.75, 3.05) is 6.61 Å². The van der Waals surface area contributed by atoms with Crippen molar-refractivity contribution in [3.8, 4) is 0 Å². The fourth-order valence-electron chi connectivity index (χ4n) is 7.68. The van der Waals surface area contributed by atoms with Gasteiger partial charge in [-0.1, -0.05) is 78.8 Å². The van der Waals surface area contributed by atoms with Gasteiger partial charge < -0.3 is 33.2 Å². The van der Waals surface area contributed by atoms with E-state index in [4.69, 9.17) is 28.1 Å². The number of aliphatic hydroxyl groups is 1. The standard InChI is InChI=1S/C34H58O7Si/c1-10-34(31-29(38-33(8,9)39-31)32(40-34)36-22-26-17-15-14-16-18-26)30-25(7)20-27(37-30)28(24(6)19-23(5)21-35)41-42(11-2,12-3)13-4/h14-18,23-25,27-32,35H,10-13,19-22H2,1-9H3/t23-,24+,25+,27-,28+,29+,30-,31-,32+,34-/m1/s1. The second-order valence-electron chi connectivity index (χ2n) is 13.7. The zero-order valence-corrected chi connectivity index (χ0v) is 28.6. The normalized spacial score (nSPS) is 34.8. The number of ether oxygens (including phenoxy) is 5. The van der Waals surface area contributed by atoms with Gasteiger partial charge in [-0.05, 0) is 74.6 Å².